The molecule has 0 fully saturated rings. The second-order valence-corrected chi connectivity index (χ2v) is 6.57. The Morgan fingerprint density at radius 2 is 1.85 bits per heavy atom. The van der Waals surface area contributed by atoms with E-state index >= 15 is 0 Å². The molecule has 4 heterocycles. The van der Waals surface area contributed by atoms with Crippen molar-refractivity contribution in [3.8, 4) is 0 Å². The van der Waals surface area contributed by atoms with Gasteiger partial charge >= 0.3 is 0 Å². The van der Waals surface area contributed by atoms with Crippen LogP contribution in [-0.4, -0.2) is 43.0 Å². The fraction of sp³-hybridized carbons (Fsp3) is 0.368. The Hall–Kier alpha value is -2.64. The van der Waals surface area contributed by atoms with Gasteiger partial charge in [-0.2, -0.15) is 0 Å². The van der Waals surface area contributed by atoms with Crippen molar-refractivity contribution in [2.75, 3.05) is 13.2 Å². The molecule has 0 aromatic carbocycles. The fourth-order valence-corrected chi connectivity index (χ4v) is 3.46. The summed E-state index contributed by atoms with van der Waals surface area (Å²) < 4.78 is 7.84. The Kier molecular flexibility index (Phi) is 4.99. The molecule has 0 radical (unpaired) electrons. The summed E-state index contributed by atoms with van der Waals surface area (Å²) in [5, 5.41) is 8.56. The van der Waals surface area contributed by atoms with Crippen LogP contribution in [0.3, 0.4) is 0 Å². The number of fused-ring (bicyclic) bond motifs is 1. The van der Waals surface area contributed by atoms with Gasteiger partial charge in [-0.05, 0) is 24.3 Å². The SMILES string of the molecule is Cn1nnc2c1C(COCc1ccccn1)CN(Cc1ccccn1)C2. The first-order valence-electron chi connectivity index (χ1n) is 8.78. The lowest BCUT2D eigenvalue weighted by Crippen LogP contribution is -2.36. The lowest BCUT2D eigenvalue weighted by Gasteiger charge is -2.31. The first-order chi connectivity index (χ1) is 12.8. The quantitative estimate of drug-likeness (QED) is 0.677. The zero-order valence-corrected chi connectivity index (χ0v) is 14.8. The predicted octanol–water partition coefficient (Wildman–Crippen LogP) is 1.92. The van der Waals surface area contributed by atoms with Crippen LogP contribution >= 0.6 is 0 Å². The Morgan fingerprint density at radius 3 is 2.58 bits per heavy atom. The molecule has 1 unspecified atom stereocenters. The van der Waals surface area contributed by atoms with E-state index in [0.29, 0.717) is 13.2 Å². The lowest BCUT2D eigenvalue weighted by atomic mass is 9.99. The standard InChI is InChI=1S/C19H22N6O/c1-24-19-15(13-26-14-17-7-3-5-9-21-17)10-25(12-18(19)22-23-24)11-16-6-2-4-8-20-16/h2-9,15H,10-14H2,1H3. The number of pyridine rings is 2. The van der Waals surface area contributed by atoms with E-state index in [2.05, 4.69) is 31.2 Å². The van der Waals surface area contributed by atoms with Crippen LogP contribution in [0.2, 0.25) is 0 Å². The molecule has 1 atom stereocenters. The zero-order valence-electron chi connectivity index (χ0n) is 14.8. The largest absolute Gasteiger partial charge is 0.374 e. The van der Waals surface area contributed by atoms with Crippen LogP contribution in [0.4, 0.5) is 0 Å². The molecule has 0 spiro atoms. The van der Waals surface area contributed by atoms with Gasteiger partial charge in [0.05, 0.1) is 30.3 Å². The summed E-state index contributed by atoms with van der Waals surface area (Å²) in [7, 11) is 1.95. The highest BCUT2D eigenvalue weighted by atomic mass is 16.5. The molecule has 26 heavy (non-hydrogen) atoms. The average molecular weight is 350 g/mol. The van der Waals surface area contributed by atoms with E-state index in [9.17, 15) is 0 Å². The first-order valence-corrected chi connectivity index (χ1v) is 8.78. The summed E-state index contributed by atoms with van der Waals surface area (Å²) in [6, 6.07) is 11.9. The highest BCUT2D eigenvalue weighted by Gasteiger charge is 2.30. The van der Waals surface area contributed by atoms with Crippen molar-refractivity contribution in [1.82, 2.24) is 29.9 Å². The molecule has 0 bridgehead atoms. The molecular weight excluding hydrogens is 328 g/mol. The first kappa shape index (κ1) is 16.8. The molecule has 0 amide bonds. The number of rotatable bonds is 6. The molecule has 0 saturated carbocycles. The maximum absolute atomic E-state index is 5.97. The molecule has 7 heteroatoms. The number of aryl methyl sites for hydroxylation is 1. The van der Waals surface area contributed by atoms with E-state index in [1.807, 2.05) is 48.3 Å². The maximum Gasteiger partial charge on any atom is 0.100 e. The number of hydrogen-bond donors (Lipinski definition) is 0. The minimum Gasteiger partial charge on any atom is -0.374 e. The zero-order chi connectivity index (χ0) is 17.8. The van der Waals surface area contributed by atoms with Gasteiger partial charge in [0.25, 0.3) is 0 Å². The summed E-state index contributed by atoms with van der Waals surface area (Å²) >= 11 is 0. The van der Waals surface area contributed by atoms with Gasteiger partial charge in [0.2, 0.25) is 0 Å². The molecule has 7 nitrogen and oxygen atoms in total. The summed E-state index contributed by atoms with van der Waals surface area (Å²) in [5.74, 6) is 0.228. The Labute approximate surface area is 152 Å². The van der Waals surface area contributed by atoms with E-state index < -0.39 is 0 Å². The van der Waals surface area contributed by atoms with Crippen LogP contribution in [0.25, 0.3) is 0 Å². The van der Waals surface area contributed by atoms with Crippen LogP contribution < -0.4 is 0 Å². The van der Waals surface area contributed by atoms with E-state index in [1.165, 1.54) is 5.69 Å². The van der Waals surface area contributed by atoms with Crippen molar-refractivity contribution in [2.24, 2.45) is 7.05 Å². The van der Waals surface area contributed by atoms with Gasteiger partial charge in [-0.1, -0.05) is 17.3 Å². The molecule has 0 aliphatic carbocycles. The van der Waals surface area contributed by atoms with Crippen LogP contribution in [0.15, 0.2) is 48.8 Å². The Morgan fingerprint density at radius 1 is 1.08 bits per heavy atom. The molecule has 0 N–H and O–H groups in total. The summed E-state index contributed by atoms with van der Waals surface area (Å²) in [5.41, 5.74) is 4.20. The second-order valence-electron chi connectivity index (χ2n) is 6.57. The average Bonchev–Trinajstić information content (AvgIpc) is 3.04. The number of ether oxygens (including phenoxy) is 1. The van der Waals surface area contributed by atoms with E-state index in [0.717, 1.165) is 36.7 Å². The maximum atomic E-state index is 5.97. The molecule has 3 aromatic rings. The van der Waals surface area contributed by atoms with E-state index in [4.69, 9.17) is 4.74 Å². The van der Waals surface area contributed by atoms with Gasteiger partial charge < -0.3 is 4.74 Å². The van der Waals surface area contributed by atoms with Crippen LogP contribution in [0.1, 0.15) is 28.7 Å². The molecule has 1 aliphatic heterocycles. The summed E-state index contributed by atoms with van der Waals surface area (Å²) in [4.78, 5) is 11.1. The summed E-state index contributed by atoms with van der Waals surface area (Å²) in [6.07, 6.45) is 3.62. The van der Waals surface area contributed by atoms with Crippen molar-refractivity contribution in [3.05, 3.63) is 71.6 Å². The van der Waals surface area contributed by atoms with Gasteiger partial charge in [0, 0.05) is 45.0 Å². The van der Waals surface area contributed by atoms with Gasteiger partial charge in [-0.25, -0.2) is 0 Å². The Bertz CT molecular complexity index is 836. The van der Waals surface area contributed by atoms with Gasteiger partial charge in [0.1, 0.15) is 5.69 Å². The number of hydrogen-bond acceptors (Lipinski definition) is 6. The molecule has 1 aliphatic rings. The summed E-state index contributed by atoms with van der Waals surface area (Å²) in [6.45, 7) is 3.61. The van der Waals surface area contributed by atoms with Gasteiger partial charge in [-0.15, -0.1) is 5.10 Å². The van der Waals surface area contributed by atoms with Crippen molar-refractivity contribution < 1.29 is 4.74 Å². The number of nitrogens with zero attached hydrogens (tertiary/aromatic N) is 6. The van der Waals surface area contributed by atoms with Crippen LogP contribution in [0.5, 0.6) is 0 Å². The molecule has 3 aromatic heterocycles. The number of aromatic nitrogens is 5. The Balaban J connectivity index is 1.44. The highest BCUT2D eigenvalue weighted by Crippen LogP contribution is 2.27. The van der Waals surface area contributed by atoms with Crippen LogP contribution in [-0.2, 0) is 31.5 Å². The monoisotopic (exact) mass is 350 g/mol. The fourth-order valence-electron chi connectivity index (χ4n) is 3.46. The third-order valence-corrected chi connectivity index (χ3v) is 4.59. The molecular formula is C19H22N6O. The third kappa shape index (κ3) is 3.79. The van der Waals surface area contributed by atoms with Crippen LogP contribution in [0, 0.1) is 0 Å². The van der Waals surface area contributed by atoms with Crippen molar-refractivity contribution in [2.45, 2.75) is 25.6 Å². The predicted molar refractivity (Wildman–Crippen MR) is 96.0 cm³/mol. The molecule has 4 rings (SSSR count). The topological polar surface area (TPSA) is 69.0 Å². The second kappa shape index (κ2) is 7.72. The van der Waals surface area contributed by atoms with E-state index in [-0.39, 0.29) is 5.92 Å². The molecule has 0 saturated heterocycles. The normalized spacial score (nSPS) is 17.2. The minimum absolute atomic E-state index is 0.228. The van der Waals surface area contributed by atoms with Crippen molar-refractivity contribution in [3.63, 3.8) is 0 Å². The lowest BCUT2D eigenvalue weighted by molar-refractivity contribution is 0.0809. The van der Waals surface area contributed by atoms with E-state index in [1.54, 1.807) is 6.20 Å². The van der Waals surface area contributed by atoms with Crippen molar-refractivity contribution in [1.29, 1.82) is 0 Å². The van der Waals surface area contributed by atoms with Gasteiger partial charge in [-0.3, -0.25) is 19.5 Å². The minimum atomic E-state index is 0.228. The molecule has 134 valence electrons. The third-order valence-electron chi connectivity index (χ3n) is 4.59. The highest BCUT2D eigenvalue weighted by molar-refractivity contribution is 5.20. The van der Waals surface area contributed by atoms with Gasteiger partial charge in [0.15, 0.2) is 0 Å². The van der Waals surface area contributed by atoms with Crippen molar-refractivity contribution >= 4 is 0 Å². The smallest absolute Gasteiger partial charge is 0.100 e.